The van der Waals surface area contributed by atoms with Crippen molar-refractivity contribution in [2.24, 2.45) is 17.8 Å². The molecule has 0 unspecified atom stereocenters. The highest BCUT2D eigenvalue weighted by molar-refractivity contribution is 5.83. The number of amides is 1. The number of carbonyl (C=O) groups excluding carboxylic acids is 1. The van der Waals surface area contributed by atoms with Gasteiger partial charge in [-0.15, -0.1) is 0 Å². The van der Waals surface area contributed by atoms with Crippen LogP contribution in [0.4, 0.5) is 5.82 Å². The molecule has 0 aromatic carbocycles. The molecule has 19 heavy (non-hydrogen) atoms. The molecule has 3 aliphatic rings. The van der Waals surface area contributed by atoms with Crippen molar-refractivity contribution in [3.05, 3.63) is 18.6 Å². The topological polar surface area (TPSA) is 49.3 Å². The maximum atomic E-state index is 12.4. The lowest BCUT2D eigenvalue weighted by Crippen LogP contribution is -2.34. The van der Waals surface area contributed by atoms with Gasteiger partial charge in [-0.25, -0.2) is 4.98 Å². The predicted molar refractivity (Wildman–Crippen MR) is 70.5 cm³/mol. The van der Waals surface area contributed by atoms with E-state index in [4.69, 9.17) is 0 Å². The summed E-state index contributed by atoms with van der Waals surface area (Å²) in [5, 5.41) is 0. The minimum atomic E-state index is 0.181. The van der Waals surface area contributed by atoms with Crippen molar-refractivity contribution in [1.82, 2.24) is 14.9 Å². The molecule has 1 saturated carbocycles. The number of fused-ring (bicyclic) bond motifs is 1. The fourth-order valence-corrected chi connectivity index (χ4v) is 3.36. The number of hydrogen-bond donors (Lipinski definition) is 0. The van der Waals surface area contributed by atoms with Crippen LogP contribution in [0.3, 0.4) is 0 Å². The molecule has 5 nitrogen and oxygen atoms in total. The summed E-state index contributed by atoms with van der Waals surface area (Å²) in [4.78, 5) is 25.1. The molecule has 3 heterocycles. The van der Waals surface area contributed by atoms with Gasteiger partial charge in [0.1, 0.15) is 5.82 Å². The van der Waals surface area contributed by atoms with Crippen LogP contribution in [0.5, 0.6) is 0 Å². The highest BCUT2D eigenvalue weighted by atomic mass is 16.2. The monoisotopic (exact) mass is 258 g/mol. The number of carbonyl (C=O) groups is 1. The average molecular weight is 258 g/mol. The van der Waals surface area contributed by atoms with E-state index in [1.165, 1.54) is 12.8 Å². The fourth-order valence-electron chi connectivity index (χ4n) is 3.36. The van der Waals surface area contributed by atoms with E-state index in [-0.39, 0.29) is 5.92 Å². The van der Waals surface area contributed by atoms with Crippen molar-refractivity contribution in [1.29, 1.82) is 0 Å². The molecule has 2 saturated heterocycles. The Morgan fingerprint density at radius 2 is 2.11 bits per heavy atom. The third kappa shape index (κ3) is 1.97. The fraction of sp³-hybridized carbons (Fsp3) is 0.643. The molecule has 0 spiro atoms. The van der Waals surface area contributed by atoms with Gasteiger partial charge >= 0.3 is 0 Å². The molecule has 0 bridgehead atoms. The zero-order chi connectivity index (χ0) is 12.8. The van der Waals surface area contributed by atoms with Crippen molar-refractivity contribution in [2.75, 3.05) is 31.1 Å². The molecule has 1 amide bonds. The molecule has 2 aliphatic heterocycles. The van der Waals surface area contributed by atoms with Gasteiger partial charge in [-0.2, -0.15) is 0 Å². The summed E-state index contributed by atoms with van der Waals surface area (Å²) in [6.45, 7) is 3.69. The second kappa shape index (κ2) is 4.18. The third-order valence-electron chi connectivity index (χ3n) is 4.57. The van der Waals surface area contributed by atoms with E-state index >= 15 is 0 Å². The molecule has 5 heteroatoms. The van der Waals surface area contributed by atoms with Crippen molar-refractivity contribution >= 4 is 11.7 Å². The molecule has 1 aromatic rings. The van der Waals surface area contributed by atoms with Gasteiger partial charge in [0, 0.05) is 44.5 Å². The molecular weight excluding hydrogens is 240 g/mol. The largest absolute Gasteiger partial charge is 0.354 e. The van der Waals surface area contributed by atoms with E-state index in [2.05, 4.69) is 19.8 Å². The quantitative estimate of drug-likeness (QED) is 0.804. The highest BCUT2D eigenvalue weighted by Crippen LogP contribution is 2.37. The summed E-state index contributed by atoms with van der Waals surface area (Å²) in [6.07, 6.45) is 7.80. The van der Waals surface area contributed by atoms with E-state index in [1.54, 1.807) is 18.6 Å². The number of hydrogen-bond acceptors (Lipinski definition) is 4. The van der Waals surface area contributed by atoms with Crippen LogP contribution in [0.25, 0.3) is 0 Å². The molecule has 1 aromatic heterocycles. The van der Waals surface area contributed by atoms with Gasteiger partial charge in [-0.05, 0) is 18.8 Å². The smallest absolute Gasteiger partial charge is 0.227 e. The van der Waals surface area contributed by atoms with E-state index in [9.17, 15) is 4.79 Å². The maximum Gasteiger partial charge on any atom is 0.227 e. The Kier molecular flexibility index (Phi) is 2.47. The van der Waals surface area contributed by atoms with Crippen LogP contribution in [0.1, 0.15) is 12.8 Å². The van der Waals surface area contributed by atoms with Crippen molar-refractivity contribution < 1.29 is 4.79 Å². The van der Waals surface area contributed by atoms with Gasteiger partial charge < -0.3 is 9.80 Å². The number of likely N-dealkylation sites (tertiary alicyclic amines) is 1. The first kappa shape index (κ1) is 11.2. The number of anilines is 1. The first-order chi connectivity index (χ1) is 9.31. The average Bonchev–Trinajstić information content (AvgIpc) is 3.08. The number of aromatic nitrogens is 2. The van der Waals surface area contributed by atoms with E-state index < -0.39 is 0 Å². The number of rotatable bonds is 3. The minimum Gasteiger partial charge on any atom is -0.354 e. The lowest BCUT2D eigenvalue weighted by Gasteiger charge is -2.22. The van der Waals surface area contributed by atoms with E-state index in [0.29, 0.717) is 11.8 Å². The van der Waals surface area contributed by atoms with Crippen LogP contribution in [0.2, 0.25) is 0 Å². The van der Waals surface area contributed by atoms with E-state index in [0.717, 1.165) is 37.9 Å². The van der Waals surface area contributed by atoms with Crippen LogP contribution in [-0.4, -0.2) is 47.0 Å². The maximum absolute atomic E-state index is 12.4. The van der Waals surface area contributed by atoms with Gasteiger partial charge in [0.15, 0.2) is 0 Å². The SMILES string of the molecule is O=C1[C@H]2CN(c3cnccn3)C[C@H]2CN1CC1CC1. The zero-order valence-electron chi connectivity index (χ0n) is 10.9. The lowest BCUT2D eigenvalue weighted by molar-refractivity contribution is -0.130. The lowest BCUT2D eigenvalue weighted by atomic mass is 10.0. The minimum absolute atomic E-state index is 0.181. The summed E-state index contributed by atoms with van der Waals surface area (Å²) in [6, 6.07) is 0. The van der Waals surface area contributed by atoms with Gasteiger partial charge in [0.05, 0.1) is 12.1 Å². The highest BCUT2D eigenvalue weighted by Gasteiger charge is 2.47. The summed E-state index contributed by atoms with van der Waals surface area (Å²) in [5.74, 6) is 2.72. The summed E-state index contributed by atoms with van der Waals surface area (Å²) in [5.41, 5.74) is 0. The Balaban J connectivity index is 1.45. The predicted octanol–water partition coefficient (Wildman–Crippen LogP) is 0.781. The van der Waals surface area contributed by atoms with Crippen LogP contribution in [0, 0.1) is 17.8 Å². The Hall–Kier alpha value is -1.65. The van der Waals surface area contributed by atoms with Crippen molar-refractivity contribution in [3.8, 4) is 0 Å². The Bertz CT molecular complexity index is 487. The van der Waals surface area contributed by atoms with Gasteiger partial charge in [0.2, 0.25) is 5.91 Å². The normalized spacial score (nSPS) is 30.0. The second-order valence-electron chi connectivity index (χ2n) is 6.02. The third-order valence-corrected chi connectivity index (χ3v) is 4.57. The van der Waals surface area contributed by atoms with Crippen molar-refractivity contribution in [2.45, 2.75) is 12.8 Å². The molecule has 100 valence electrons. The standard InChI is InChI=1S/C14H18N4O/c19-14-12-9-17(13-5-15-3-4-16-13)7-11(12)8-18(14)6-10-1-2-10/h3-5,10-12H,1-2,6-9H2/t11-,12-/m0/s1. The van der Waals surface area contributed by atoms with Crippen LogP contribution >= 0.6 is 0 Å². The Labute approximate surface area is 112 Å². The van der Waals surface area contributed by atoms with Crippen LogP contribution in [0.15, 0.2) is 18.6 Å². The molecule has 0 radical (unpaired) electrons. The summed E-state index contributed by atoms with van der Waals surface area (Å²) >= 11 is 0. The molecule has 3 fully saturated rings. The summed E-state index contributed by atoms with van der Waals surface area (Å²) in [7, 11) is 0. The Morgan fingerprint density at radius 3 is 2.79 bits per heavy atom. The molecule has 4 rings (SSSR count). The first-order valence-electron chi connectivity index (χ1n) is 7.11. The van der Waals surface area contributed by atoms with Gasteiger partial charge in [0.25, 0.3) is 0 Å². The summed E-state index contributed by atoms with van der Waals surface area (Å²) < 4.78 is 0. The molecule has 0 N–H and O–H groups in total. The Morgan fingerprint density at radius 1 is 1.21 bits per heavy atom. The van der Waals surface area contributed by atoms with Crippen LogP contribution in [-0.2, 0) is 4.79 Å². The molecule has 2 atom stereocenters. The molecule has 1 aliphatic carbocycles. The first-order valence-corrected chi connectivity index (χ1v) is 7.11. The van der Waals surface area contributed by atoms with Crippen molar-refractivity contribution in [3.63, 3.8) is 0 Å². The number of nitrogens with zero attached hydrogens (tertiary/aromatic N) is 4. The van der Waals surface area contributed by atoms with Crippen LogP contribution < -0.4 is 4.90 Å². The second-order valence-corrected chi connectivity index (χ2v) is 6.02. The van der Waals surface area contributed by atoms with Gasteiger partial charge in [-0.3, -0.25) is 9.78 Å². The van der Waals surface area contributed by atoms with Gasteiger partial charge in [-0.1, -0.05) is 0 Å². The molecular formula is C14H18N4O. The zero-order valence-corrected chi connectivity index (χ0v) is 10.9. The van der Waals surface area contributed by atoms with E-state index in [1.807, 2.05) is 0 Å².